The lowest BCUT2D eigenvalue weighted by atomic mass is 9.92. The predicted molar refractivity (Wildman–Crippen MR) is 169 cm³/mol. The molecule has 1 N–H and O–H groups in total. The van der Waals surface area contributed by atoms with Crippen LogP contribution >= 0.6 is 0 Å². The highest BCUT2D eigenvalue weighted by Gasteiger charge is 2.25. The first-order valence-corrected chi connectivity index (χ1v) is 14.6. The summed E-state index contributed by atoms with van der Waals surface area (Å²) in [6, 6.07) is 22.0. The molecule has 1 aliphatic heterocycles. The summed E-state index contributed by atoms with van der Waals surface area (Å²) in [5.41, 5.74) is 2.67. The molecule has 0 atom stereocenters. The van der Waals surface area contributed by atoms with Gasteiger partial charge in [-0.05, 0) is 36.6 Å². The Morgan fingerprint density at radius 2 is 1.66 bits per heavy atom. The summed E-state index contributed by atoms with van der Waals surface area (Å²) in [5.74, 6) is 0.445. The fourth-order valence-electron chi connectivity index (χ4n) is 4.99. The summed E-state index contributed by atoms with van der Waals surface area (Å²) in [5, 5.41) is 8.85. The number of nitrogens with zero attached hydrogens (tertiary/aromatic N) is 5. The van der Waals surface area contributed by atoms with Crippen molar-refractivity contribution in [2.45, 2.75) is 33.1 Å². The van der Waals surface area contributed by atoms with Gasteiger partial charge in [0, 0.05) is 47.8 Å². The van der Waals surface area contributed by atoms with Crippen LogP contribution < -0.4 is 15.0 Å². The molecule has 0 saturated carbocycles. The van der Waals surface area contributed by atoms with E-state index in [1.165, 1.54) is 0 Å². The fraction of sp³-hybridized carbons (Fsp3) is 0.265. The smallest absolute Gasteiger partial charge is 0.297 e. The molecule has 1 amide bonds. The van der Waals surface area contributed by atoms with E-state index in [0.717, 1.165) is 16.9 Å². The maximum absolute atomic E-state index is 13.6. The molecule has 0 bridgehead atoms. The number of benzene rings is 3. The van der Waals surface area contributed by atoms with E-state index >= 15 is 0 Å². The zero-order chi connectivity index (χ0) is 30.8. The van der Waals surface area contributed by atoms with E-state index in [1.807, 2.05) is 81.1 Å². The van der Waals surface area contributed by atoms with Gasteiger partial charge >= 0.3 is 0 Å². The van der Waals surface area contributed by atoms with Crippen LogP contribution in [0.2, 0.25) is 0 Å². The third-order valence-corrected chi connectivity index (χ3v) is 7.46. The number of ether oxygens (including phenoxy) is 2. The molecule has 1 saturated heterocycles. The lowest BCUT2D eigenvalue weighted by molar-refractivity contribution is -0.112. The van der Waals surface area contributed by atoms with Crippen molar-refractivity contribution in [3.63, 3.8) is 0 Å². The van der Waals surface area contributed by atoms with Gasteiger partial charge in [0.05, 0.1) is 24.6 Å². The van der Waals surface area contributed by atoms with Crippen molar-refractivity contribution in [2.75, 3.05) is 36.5 Å². The Kier molecular flexibility index (Phi) is 7.84. The van der Waals surface area contributed by atoms with Crippen LogP contribution in [-0.2, 0) is 14.9 Å². The minimum Gasteiger partial charge on any atom is -0.438 e. The van der Waals surface area contributed by atoms with Gasteiger partial charge in [-0.2, -0.15) is 10.1 Å². The maximum Gasteiger partial charge on any atom is 0.297 e. The number of carbonyl (C=O) groups is 2. The molecule has 2 aromatic heterocycles. The number of ketones is 1. The molecule has 0 radical (unpaired) electrons. The molecule has 10 nitrogen and oxygen atoms in total. The molecular weight excluding hydrogens is 556 g/mol. The van der Waals surface area contributed by atoms with Gasteiger partial charge in [0.15, 0.2) is 0 Å². The Bertz CT molecular complexity index is 1840. The highest BCUT2D eigenvalue weighted by atomic mass is 16.5. The zero-order valence-corrected chi connectivity index (χ0v) is 25.2. The Labute approximate surface area is 255 Å². The largest absolute Gasteiger partial charge is 0.438 e. The lowest BCUT2D eigenvalue weighted by Gasteiger charge is -2.26. The van der Waals surface area contributed by atoms with Gasteiger partial charge in [0.25, 0.3) is 11.7 Å². The lowest BCUT2D eigenvalue weighted by Crippen LogP contribution is -2.37. The topological polar surface area (TPSA) is 111 Å². The molecule has 0 spiro atoms. The summed E-state index contributed by atoms with van der Waals surface area (Å²) in [4.78, 5) is 38.1. The van der Waals surface area contributed by atoms with Crippen LogP contribution in [0.15, 0.2) is 79.0 Å². The summed E-state index contributed by atoms with van der Waals surface area (Å²) in [6.07, 6.45) is 1.66. The Morgan fingerprint density at radius 3 is 2.39 bits per heavy atom. The van der Waals surface area contributed by atoms with Crippen molar-refractivity contribution in [2.24, 2.45) is 0 Å². The third kappa shape index (κ3) is 6.02. The van der Waals surface area contributed by atoms with E-state index in [4.69, 9.17) is 14.6 Å². The monoisotopic (exact) mass is 590 g/mol. The van der Waals surface area contributed by atoms with Crippen LogP contribution in [0.4, 0.5) is 11.8 Å². The summed E-state index contributed by atoms with van der Waals surface area (Å²) >= 11 is 0. The predicted octanol–water partition coefficient (Wildman–Crippen LogP) is 5.87. The highest BCUT2D eigenvalue weighted by molar-refractivity contribution is 6.48. The molecule has 0 aliphatic carbocycles. The number of Topliss-reactive ketones (excluding diaryl/α,β-unsaturated/α-hetero) is 1. The van der Waals surface area contributed by atoms with Crippen LogP contribution in [-0.4, -0.2) is 57.7 Å². The maximum atomic E-state index is 13.6. The van der Waals surface area contributed by atoms with E-state index in [0.29, 0.717) is 60.5 Å². The molecule has 44 heavy (non-hydrogen) atoms. The number of nitrogens with one attached hydrogen (secondary N) is 1. The van der Waals surface area contributed by atoms with Gasteiger partial charge in [-0.15, -0.1) is 0 Å². The average molecular weight is 591 g/mol. The Balaban J connectivity index is 1.28. The van der Waals surface area contributed by atoms with E-state index in [9.17, 15) is 9.59 Å². The second-order valence-corrected chi connectivity index (χ2v) is 11.7. The molecule has 1 aliphatic rings. The third-order valence-electron chi connectivity index (χ3n) is 7.46. The van der Waals surface area contributed by atoms with Crippen molar-refractivity contribution in [1.82, 2.24) is 19.7 Å². The number of amides is 1. The van der Waals surface area contributed by atoms with Crippen molar-refractivity contribution in [3.8, 4) is 17.3 Å². The first kappa shape index (κ1) is 29.0. The van der Waals surface area contributed by atoms with E-state index in [1.54, 1.807) is 35.1 Å². The Hall–Kier alpha value is -5.09. The van der Waals surface area contributed by atoms with Gasteiger partial charge < -0.3 is 19.7 Å². The molecule has 5 aromatic rings. The number of hydrogen-bond acceptors (Lipinski definition) is 8. The number of aromatic nitrogens is 4. The zero-order valence-electron chi connectivity index (χ0n) is 25.2. The van der Waals surface area contributed by atoms with E-state index < -0.39 is 11.7 Å². The number of rotatable bonds is 7. The van der Waals surface area contributed by atoms with E-state index in [2.05, 4.69) is 15.3 Å². The number of anilines is 2. The van der Waals surface area contributed by atoms with Crippen molar-refractivity contribution in [1.29, 1.82) is 0 Å². The molecular formula is C34H34N6O4. The standard InChI is InChI=1S/C34H34N6O4/c1-22-9-11-23(12-10-22)40-29(21-28(38-40)34(2,3)4)36-32(42)31(41)26-13-14-27(25-8-6-5-7-24(25)26)44-30-15-16-35-33(37-30)39-17-19-43-20-18-39/h5-16,21H,17-20H2,1-4H3,(H,36,42). The number of fused-ring (bicyclic) bond motifs is 1. The van der Waals surface area contributed by atoms with Crippen molar-refractivity contribution < 1.29 is 19.1 Å². The van der Waals surface area contributed by atoms with Crippen LogP contribution in [0.3, 0.4) is 0 Å². The van der Waals surface area contributed by atoms with Gasteiger partial charge in [0.1, 0.15) is 11.6 Å². The normalized spacial score (nSPS) is 13.6. The number of hydrogen-bond donors (Lipinski definition) is 1. The van der Waals surface area contributed by atoms with Crippen LogP contribution in [0.25, 0.3) is 16.5 Å². The number of aryl methyl sites for hydroxylation is 1. The molecule has 3 aromatic carbocycles. The quantitative estimate of drug-likeness (QED) is 0.185. The van der Waals surface area contributed by atoms with Gasteiger partial charge in [-0.3, -0.25) is 9.59 Å². The molecule has 10 heteroatoms. The van der Waals surface area contributed by atoms with Gasteiger partial charge in [-0.25, -0.2) is 9.67 Å². The van der Waals surface area contributed by atoms with Gasteiger partial charge in [0.2, 0.25) is 11.8 Å². The summed E-state index contributed by atoms with van der Waals surface area (Å²) in [7, 11) is 0. The van der Waals surface area contributed by atoms with Crippen molar-refractivity contribution in [3.05, 3.63) is 95.8 Å². The number of carbonyl (C=O) groups excluding carboxylic acids is 2. The van der Waals surface area contributed by atoms with Crippen molar-refractivity contribution >= 4 is 34.2 Å². The Morgan fingerprint density at radius 1 is 0.932 bits per heavy atom. The average Bonchev–Trinajstić information content (AvgIpc) is 3.46. The van der Waals surface area contributed by atoms with E-state index in [-0.39, 0.29) is 11.0 Å². The molecule has 6 rings (SSSR count). The SMILES string of the molecule is Cc1ccc(-n2nc(C(C)(C)C)cc2NC(=O)C(=O)c2ccc(Oc3ccnc(N4CCOCC4)n3)c3ccccc23)cc1. The molecule has 224 valence electrons. The first-order chi connectivity index (χ1) is 21.2. The summed E-state index contributed by atoms with van der Waals surface area (Å²) < 4.78 is 13.3. The van der Waals surface area contributed by atoms with Crippen LogP contribution in [0.1, 0.15) is 42.4 Å². The second kappa shape index (κ2) is 11.9. The second-order valence-electron chi connectivity index (χ2n) is 11.7. The van der Waals surface area contributed by atoms with Crippen LogP contribution in [0.5, 0.6) is 11.6 Å². The summed E-state index contributed by atoms with van der Waals surface area (Å²) in [6.45, 7) is 10.8. The highest BCUT2D eigenvalue weighted by Crippen LogP contribution is 2.33. The molecule has 1 fully saturated rings. The number of morpholine rings is 1. The first-order valence-electron chi connectivity index (χ1n) is 14.6. The minimum absolute atomic E-state index is 0.264. The van der Waals surface area contributed by atoms with Gasteiger partial charge in [-0.1, -0.05) is 62.7 Å². The molecule has 3 heterocycles. The van der Waals surface area contributed by atoms with Crippen LogP contribution in [0, 0.1) is 6.92 Å². The molecule has 0 unspecified atom stereocenters. The fourth-order valence-corrected chi connectivity index (χ4v) is 4.99. The minimum atomic E-state index is -0.761.